The number of hydrogen-bond donors (Lipinski definition) is 0. The Balaban J connectivity index is 3.02. The minimum absolute atomic E-state index is 0.0821. The van der Waals surface area contributed by atoms with E-state index in [0.717, 1.165) is 0 Å². The van der Waals surface area contributed by atoms with E-state index in [1.807, 2.05) is 0 Å². The molecular weight excluding hydrogens is 165 g/mol. The normalized spacial score (nSPS) is 12.0. The molecule has 0 bridgehead atoms. The maximum atomic E-state index is 11.2. The van der Waals surface area contributed by atoms with Gasteiger partial charge in [-0.15, -0.1) is 13.2 Å². The Morgan fingerprint density at radius 3 is 2.18 bits per heavy atom. The van der Waals surface area contributed by atoms with Crippen molar-refractivity contribution in [2.75, 3.05) is 26.4 Å². The summed E-state index contributed by atoms with van der Waals surface area (Å²) in [6.45, 7) is -1.31. The van der Waals surface area contributed by atoms with E-state index < -0.39 is 19.6 Å². The van der Waals surface area contributed by atoms with Crippen molar-refractivity contribution < 1.29 is 27.8 Å². The minimum atomic E-state index is -4.61. The van der Waals surface area contributed by atoms with Gasteiger partial charge >= 0.3 is 6.36 Å². The monoisotopic (exact) mass is 173 g/mol. The molecule has 67 valence electrons. The lowest BCUT2D eigenvalue weighted by atomic mass is 10.7. The van der Waals surface area contributed by atoms with Crippen LogP contribution >= 0.6 is 0 Å². The Morgan fingerprint density at radius 2 is 1.73 bits per heavy atom. The van der Waals surface area contributed by atoms with Crippen molar-refractivity contribution in [1.29, 1.82) is 0 Å². The van der Waals surface area contributed by atoms with Crippen molar-refractivity contribution in [3.63, 3.8) is 0 Å². The van der Waals surface area contributed by atoms with Gasteiger partial charge in [-0.3, -0.25) is 4.74 Å². The van der Waals surface area contributed by atoms with Crippen LogP contribution in [0, 0.1) is 0 Å². The third kappa shape index (κ3) is 9.67. The van der Waals surface area contributed by atoms with E-state index in [1.54, 1.807) is 0 Å². The van der Waals surface area contributed by atoms with Crippen LogP contribution in [0.4, 0.5) is 13.2 Å². The van der Waals surface area contributed by atoms with Crippen molar-refractivity contribution >= 4 is 0 Å². The van der Waals surface area contributed by atoms with Crippen LogP contribution in [0.5, 0.6) is 0 Å². The van der Waals surface area contributed by atoms with E-state index in [1.165, 1.54) is 0 Å². The van der Waals surface area contributed by atoms with Crippen LogP contribution < -0.4 is 0 Å². The average Bonchev–Trinajstić information content (AvgIpc) is 1.85. The van der Waals surface area contributed by atoms with Crippen LogP contribution in [0.25, 0.3) is 0 Å². The topological polar surface area (TPSA) is 38.4 Å². The quantitative estimate of drug-likeness (QED) is 0.581. The van der Waals surface area contributed by atoms with E-state index >= 15 is 0 Å². The first-order valence-electron chi connectivity index (χ1n) is 2.93. The van der Waals surface area contributed by atoms with Crippen molar-refractivity contribution in [3.8, 4) is 0 Å². The van der Waals surface area contributed by atoms with E-state index in [9.17, 15) is 18.3 Å². The van der Waals surface area contributed by atoms with E-state index in [0.29, 0.717) is 0 Å². The summed E-state index contributed by atoms with van der Waals surface area (Å²) < 4.78 is 41.5. The predicted molar refractivity (Wildman–Crippen MR) is 28.4 cm³/mol. The van der Waals surface area contributed by atoms with Crippen molar-refractivity contribution in [2.45, 2.75) is 6.36 Å². The van der Waals surface area contributed by atoms with Crippen LogP contribution in [0.15, 0.2) is 0 Å². The molecule has 3 nitrogen and oxygen atoms in total. The highest BCUT2D eigenvalue weighted by molar-refractivity contribution is 4.32. The van der Waals surface area contributed by atoms with Gasteiger partial charge < -0.3 is 4.74 Å². The van der Waals surface area contributed by atoms with Crippen LogP contribution in [-0.2, 0) is 14.6 Å². The van der Waals surface area contributed by atoms with Crippen LogP contribution in [0.2, 0.25) is 0 Å². The Morgan fingerprint density at radius 1 is 1.09 bits per heavy atom. The molecule has 0 N–H and O–H groups in total. The van der Waals surface area contributed by atoms with Gasteiger partial charge in [0.2, 0.25) is 0 Å². The number of halogens is 3. The Bertz CT molecular complexity index is 93.5. The van der Waals surface area contributed by atoms with E-state index in [-0.39, 0.29) is 13.2 Å². The van der Waals surface area contributed by atoms with Gasteiger partial charge in [0.05, 0.1) is 19.8 Å². The highest BCUT2D eigenvalue weighted by Gasteiger charge is 2.28. The van der Waals surface area contributed by atoms with Crippen LogP contribution in [-0.4, -0.2) is 32.8 Å². The molecule has 0 amide bonds. The second-order valence-corrected chi connectivity index (χ2v) is 1.61. The maximum Gasteiger partial charge on any atom is 0.522 e. The Kier molecular flexibility index (Phi) is 5.18. The largest absolute Gasteiger partial charge is 0.522 e. The van der Waals surface area contributed by atoms with Crippen molar-refractivity contribution in [2.24, 2.45) is 0 Å². The molecule has 0 saturated heterocycles. The van der Waals surface area contributed by atoms with Gasteiger partial charge in [-0.25, -0.2) is 5.11 Å². The summed E-state index contributed by atoms with van der Waals surface area (Å²) in [6, 6.07) is 0. The molecule has 11 heavy (non-hydrogen) atoms. The second-order valence-electron chi connectivity index (χ2n) is 1.61. The van der Waals surface area contributed by atoms with Gasteiger partial charge in [-0.1, -0.05) is 0 Å². The van der Waals surface area contributed by atoms with Gasteiger partial charge in [0, 0.05) is 0 Å². The molecule has 0 aromatic heterocycles. The summed E-state index contributed by atoms with van der Waals surface area (Å²) in [5.74, 6) is 0. The first kappa shape index (κ1) is 10.7. The van der Waals surface area contributed by atoms with Crippen molar-refractivity contribution in [3.05, 3.63) is 0 Å². The molecule has 0 aromatic rings. The first-order valence-corrected chi connectivity index (χ1v) is 2.93. The third-order valence-corrected chi connectivity index (χ3v) is 0.721. The number of ether oxygens (including phenoxy) is 2. The maximum absolute atomic E-state index is 11.2. The molecule has 0 fully saturated rings. The van der Waals surface area contributed by atoms with Gasteiger partial charge in [0.25, 0.3) is 0 Å². The zero-order chi connectivity index (χ0) is 8.74. The molecule has 0 saturated carbocycles. The second kappa shape index (κ2) is 5.34. The van der Waals surface area contributed by atoms with E-state index in [2.05, 4.69) is 9.47 Å². The smallest absolute Gasteiger partial charge is 0.377 e. The third-order valence-electron chi connectivity index (χ3n) is 0.721. The summed E-state index contributed by atoms with van der Waals surface area (Å²) in [5.41, 5.74) is 0. The highest BCUT2D eigenvalue weighted by Crippen LogP contribution is 2.15. The molecule has 0 aliphatic carbocycles. The molecule has 0 aliphatic rings. The minimum Gasteiger partial charge on any atom is -0.377 e. The SMILES string of the molecule is [O]CCOCCOC(F)(F)F. The molecule has 0 atom stereocenters. The fourth-order valence-corrected chi connectivity index (χ4v) is 0.377. The van der Waals surface area contributed by atoms with Gasteiger partial charge in [0.15, 0.2) is 0 Å². The fourth-order valence-electron chi connectivity index (χ4n) is 0.377. The fraction of sp³-hybridized carbons (Fsp3) is 1.00. The number of alkyl halides is 3. The first-order chi connectivity index (χ1) is 5.06. The summed E-state index contributed by atoms with van der Waals surface area (Å²) >= 11 is 0. The highest BCUT2D eigenvalue weighted by atomic mass is 19.4. The summed E-state index contributed by atoms with van der Waals surface area (Å²) in [6.07, 6.45) is -4.61. The molecule has 6 heteroatoms. The van der Waals surface area contributed by atoms with Gasteiger partial charge in [0.1, 0.15) is 6.61 Å². The summed E-state index contributed by atoms with van der Waals surface area (Å²) in [4.78, 5) is 0. The predicted octanol–water partition coefficient (Wildman–Crippen LogP) is 0.970. The zero-order valence-corrected chi connectivity index (χ0v) is 5.69. The molecule has 0 rings (SSSR count). The lowest BCUT2D eigenvalue weighted by Gasteiger charge is -2.06. The molecule has 1 radical (unpaired) electrons. The molecule has 0 heterocycles. The molecule has 0 aromatic carbocycles. The van der Waals surface area contributed by atoms with Crippen LogP contribution in [0.3, 0.4) is 0 Å². The zero-order valence-electron chi connectivity index (χ0n) is 5.69. The number of rotatable bonds is 5. The molecule has 0 unspecified atom stereocenters. The molecule has 0 spiro atoms. The Hall–Kier alpha value is -0.330. The van der Waals surface area contributed by atoms with E-state index in [4.69, 9.17) is 0 Å². The summed E-state index contributed by atoms with van der Waals surface area (Å²) in [5, 5.41) is 9.70. The molecular formula is C5H8F3O3. The van der Waals surface area contributed by atoms with Gasteiger partial charge in [-0.05, 0) is 0 Å². The van der Waals surface area contributed by atoms with Crippen molar-refractivity contribution in [1.82, 2.24) is 0 Å². The van der Waals surface area contributed by atoms with Crippen LogP contribution in [0.1, 0.15) is 0 Å². The Labute approximate surface area is 61.7 Å². The standard InChI is InChI=1S/C5H8F3O3/c6-5(7,8)11-4-3-10-2-1-9/h1-4H2. The average molecular weight is 173 g/mol. The molecule has 0 aliphatic heterocycles. The van der Waals surface area contributed by atoms with Gasteiger partial charge in [-0.2, -0.15) is 0 Å². The number of hydrogen-bond acceptors (Lipinski definition) is 2. The summed E-state index contributed by atoms with van der Waals surface area (Å²) in [7, 11) is 0. The lowest BCUT2D eigenvalue weighted by molar-refractivity contribution is -0.327. The lowest BCUT2D eigenvalue weighted by Crippen LogP contribution is -2.17.